The van der Waals surface area contributed by atoms with Crippen molar-refractivity contribution in [1.29, 1.82) is 0 Å². The molecule has 0 bridgehead atoms. The van der Waals surface area contributed by atoms with Gasteiger partial charge in [-0.25, -0.2) is 4.98 Å². The van der Waals surface area contributed by atoms with Crippen molar-refractivity contribution in [1.82, 2.24) is 9.55 Å². The van der Waals surface area contributed by atoms with Gasteiger partial charge < -0.3 is 15.0 Å². The van der Waals surface area contributed by atoms with Crippen molar-refractivity contribution in [3.8, 4) is 17.1 Å². The second-order valence-electron chi connectivity index (χ2n) is 4.73. The highest BCUT2D eigenvalue weighted by Gasteiger charge is 2.06. The molecule has 2 N–H and O–H groups in total. The summed E-state index contributed by atoms with van der Waals surface area (Å²) in [4.78, 5) is 4.41. The van der Waals surface area contributed by atoms with Gasteiger partial charge in [-0.3, -0.25) is 0 Å². The van der Waals surface area contributed by atoms with Crippen LogP contribution in [0, 0.1) is 0 Å². The van der Waals surface area contributed by atoms with Crippen LogP contribution in [0.2, 0.25) is 0 Å². The van der Waals surface area contributed by atoms with E-state index in [4.69, 9.17) is 10.5 Å². The number of imidazole rings is 1. The van der Waals surface area contributed by atoms with Crippen LogP contribution in [0.3, 0.4) is 0 Å². The normalized spacial score (nSPS) is 10.5. The van der Waals surface area contributed by atoms with Crippen molar-refractivity contribution in [2.75, 3.05) is 12.3 Å². The van der Waals surface area contributed by atoms with Crippen molar-refractivity contribution in [2.45, 2.75) is 6.54 Å². The molecule has 0 atom stereocenters. The highest BCUT2D eigenvalue weighted by Crippen LogP contribution is 2.19. The second kappa shape index (κ2) is 6.13. The molecular weight excluding hydrogens is 262 g/mol. The molecule has 4 heteroatoms. The van der Waals surface area contributed by atoms with E-state index in [-0.39, 0.29) is 0 Å². The van der Waals surface area contributed by atoms with Crippen LogP contribution in [0.4, 0.5) is 5.69 Å². The molecule has 1 heterocycles. The van der Waals surface area contributed by atoms with E-state index in [2.05, 4.69) is 9.55 Å². The van der Waals surface area contributed by atoms with Gasteiger partial charge in [0.05, 0.1) is 6.54 Å². The first kappa shape index (κ1) is 13.2. The lowest BCUT2D eigenvalue weighted by molar-refractivity contribution is 0.299. The zero-order chi connectivity index (χ0) is 14.5. The summed E-state index contributed by atoms with van der Waals surface area (Å²) < 4.78 is 7.79. The maximum absolute atomic E-state index is 5.83. The second-order valence-corrected chi connectivity index (χ2v) is 4.73. The highest BCUT2D eigenvalue weighted by molar-refractivity contribution is 5.61. The molecule has 4 nitrogen and oxygen atoms in total. The summed E-state index contributed by atoms with van der Waals surface area (Å²) in [6.45, 7) is 1.33. The molecule has 0 unspecified atom stereocenters. The molecule has 2 aromatic carbocycles. The molecule has 0 aliphatic rings. The molecule has 0 saturated heterocycles. The number of hydrogen-bond donors (Lipinski definition) is 1. The van der Waals surface area contributed by atoms with Crippen LogP contribution < -0.4 is 10.5 Å². The Morgan fingerprint density at radius 2 is 1.90 bits per heavy atom. The fourth-order valence-electron chi connectivity index (χ4n) is 2.21. The largest absolute Gasteiger partial charge is 0.492 e. The summed E-state index contributed by atoms with van der Waals surface area (Å²) in [5.41, 5.74) is 7.58. The van der Waals surface area contributed by atoms with Gasteiger partial charge in [-0.1, -0.05) is 30.3 Å². The number of rotatable bonds is 5. The van der Waals surface area contributed by atoms with Crippen LogP contribution in [0.25, 0.3) is 11.4 Å². The predicted octanol–water partition coefficient (Wildman–Crippen LogP) is 3.21. The number of nitrogen functional groups attached to an aromatic ring is 1. The first-order valence-electron chi connectivity index (χ1n) is 6.88. The monoisotopic (exact) mass is 279 g/mol. The fourth-order valence-corrected chi connectivity index (χ4v) is 2.21. The Hall–Kier alpha value is -2.75. The van der Waals surface area contributed by atoms with E-state index in [9.17, 15) is 0 Å². The average Bonchev–Trinajstić information content (AvgIpc) is 2.97. The summed E-state index contributed by atoms with van der Waals surface area (Å²) in [5, 5.41) is 0. The van der Waals surface area contributed by atoms with Crippen molar-refractivity contribution in [3.63, 3.8) is 0 Å². The minimum absolute atomic E-state index is 0.593. The molecule has 0 amide bonds. The minimum atomic E-state index is 0.593. The number of aromatic nitrogens is 2. The third-order valence-corrected chi connectivity index (χ3v) is 3.20. The molecule has 0 aliphatic heterocycles. The molecule has 3 aromatic rings. The first-order valence-corrected chi connectivity index (χ1v) is 6.88. The van der Waals surface area contributed by atoms with E-state index in [0.717, 1.165) is 29.4 Å². The SMILES string of the molecule is Nc1cccc(-c2nccn2CCOc2ccccc2)c1. The molecule has 106 valence electrons. The van der Waals surface area contributed by atoms with Gasteiger partial charge >= 0.3 is 0 Å². The Kier molecular flexibility index (Phi) is 3.87. The average molecular weight is 279 g/mol. The number of hydrogen-bond acceptors (Lipinski definition) is 3. The van der Waals surface area contributed by atoms with Gasteiger partial charge in [-0.15, -0.1) is 0 Å². The van der Waals surface area contributed by atoms with E-state index in [1.807, 2.05) is 60.8 Å². The molecular formula is C17H17N3O. The lowest BCUT2D eigenvalue weighted by Crippen LogP contribution is -2.08. The van der Waals surface area contributed by atoms with Crippen molar-refractivity contribution in [3.05, 3.63) is 67.0 Å². The van der Waals surface area contributed by atoms with E-state index >= 15 is 0 Å². The first-order chi connectivity index (χ1) is 10.3. The Morgan fingerprint density at radius 3 is 2.71 bits per heavy atom. The summed E-state index contributed by atoms with van der Waals surface area (Å²) in [5.74, 6) is 1.78. The van der Waals surface area contributed by atoms with Gasteiger partial charge in [-0.2, -0.15) is 0 Å². The van der Waals surface area contributed by atoms with Gasteiger partial charge in [0.1, 0.15) is 18.2 Å². The maximum atomic E-state index is 5.83. The van der Waals surface area contributed by atoms with Gasteiger partial charge in [0.25, 0.3) is 0 Å². The third kappa shape index (κ3) is 3.23. The number of ether oxygens (including phenoxy) is 1. The molecule has 21 heavy (non-hydrogen) atoms. The van der Waals surface area contributed by atoms with Crippen LogP contribution in [-0.4, -0.2) is 16.2 Å². The Labute approximate surface area is 123 Å². The zero-order valence-corrected chi connectivity index (χ0v) is 11.6. The fraction of sp³-hybridized carbons (Fsp3) is 0.118. The van der Waals surface area contributed by atoms with Gasteiger partial charge in [0, 0.05) is 23.6 Å². The Morgan fingerprint density at radius 1 is 1.05 bits per heavy atom. The molecule has 3 rings (SSSR count). The molecule has 0 aliphatic carbocycles. The number of benzene rings is 2. The summed E-state index contributed by atoms with van der Waals surface area (Å²) in [6.07, 6.45) is 3.74. The topological polar surface area (TPSA) is 53.1 Å². The number of nitrogens with zero attached hydrogens (tertiary/aromatic N) is 2. The van der Waals surface area contributed by atoms with E-state index in [1.165, 1.54) is 0 Å². The molecule has 1 aromatic heterocycles. The maximum Gasteiger partial charge on any atom is 0.140 e. The minimum Gasteiger partial charge on any atom is -0.492 e. The van der Waals surface area contributed by atoms with Crippen LogP contribution in [0.15, 0.2) is 67.0 Å². The Balaban J connectivity index is 1.69. The molecule has 0 radical (unpaired) electrons. The van der Waals surface area contributed by atoms with Gasteiger partial charge in [0.2, 0.25) is 0 Å². The standard InChI is InChI=1S/C17H17N3O/c18-15-6-4-5-14(13-15)17-19-9-10-20(17)11-12-21-16-7-2-1-3-8-16/h1-10,13H,11-12,18H2. The van der Waals surface area contributed by atoms with Gasteiger partial charge in [-0.05, 0) is 24.3 Å². The van der Waals surface area contributed by atoms with Crippen LogP contribution in [0.5, 0.6) is 5.75 Å². The van der Waals surface area contributed by atoms with Crippen LogP contribution >= 0.6 is 0 Å². The van der Waals surface area contributed by atoms with E-state index < -0.39 is 0 Å². The van der Waals surface area contributed by atoms with Crippen molar-refractivity contribution in [2.24, 2.45) is 0 Å². The quantitative estimate of drug-likeness (QED) is 0.730. The Bertz CT molecular complexity index is 707. The van der Waals surface area contributed by atoms with E-state index in [1.54, 1.807) is 6.20 Å². The molecule has 0 saturated carbocycles. The highest BCUT2D eigenvalue weighted by atomic mass is 16.5. The predicted molar refractivity (Wildman–Crippen MR) is 84.0 cm³/mol. The lowest BCUT2D eigenvalue weighted by Gasteiger charge is -2.10. The lowest BCUT2D eigenvalue weighted by atomic mass is 10.2. The van der Waals surface area contributed by atoms with Crippen molar-refractivity contribution < 1.29 is 4.74 Å². The number of para-hydroxylation sites is 1. The number of nitrogens with two attached hydrogens (primary N) is 1. The summed E-state index contributed by atoms with van der Waals surface area (Å²) in [6, 6.07) is 17.5. The third-order valence-electron chi connectivity index (χ3n) is 3.20. The van der Waals surface area contributed by atoms with Gasteiger partial charge in [0.15, 0.2) is 0 Å². The molecule has 0 spiro atoms. The van der Waals surface area contributed by atoms with E-state index in [0.29, 0.717) is 6.61 Å². The van der Waals surface area contributed by atoms with Crippen LogP contribution in [-0.2, 0) is 6.54 Å². The summed E-state index contributed by atoms with van der Waals surface area (Å²) in [7, 11) is 0. The molecule has 0 fully saturated rings. The number of anilines is 1. The smallest absolute Gasteiger partial charge is 0.140 e. The van der Waals surface area contributed by atoms with Crippen LogP contribution in [0.1, 0.15) is 0 Å². The zero-order valence-electron chi connectivity index (χ0n) is 11.6. The summed E-state index contributed by atoms with van der Waals surface area (Å²) >= 11 is 0. The van der Waals surface area contributed by atoms with Crippen molar-refractivity contribution >= 4 is 5.69 Å².